The number of Topliss-reactive ketones (excluding diaryl/α,β-unsaturated/α-hetero) is 1. The number of aliphatic hydroxyl groups is 2. The van der Waals surface area contributed by atoms with Gasteiger partial charge < -0.3 is 68.2 Å². The van der Waals surface area contributed by atoms with Gasteiger partial charge in [-0.15, -0.1) is 0 Å². The molecule has 4 N–H and O–H groups in total. The summed E-state index contributed by atoms with van der Waals surface area (Å²) in [4.78, 5) is 51.7. The molecule has 0 spiro atoms. The lowest BCUT2D eigenvalue weighted by Crippen LogP contribution is -2.46. The number of ketones is 1. The fraction of sp³-hybridized carbons (Fsp3) is 0.578. The monoisotopic (exact) mass is 901 g/mol. The molecule has 0 saturated carbocycles. The number of carbonyl (C=O) groups is 3. The summed E-state index contributed by atoms with van der Waals surface area (Å²) in [6.07, 6.45) is 5.04. The highest BCUT2D eigenvalue weighted by molar-refractivity contribution is 6.32. The molecule has 1 aliphatic carbocycles. The molecule has 64 heavy (non-hydrogen) atoms. The third-order valence-electron chi connectivity index (χ3n) is 11.3. The van der Waals surface area contributed by atoms with Gasteiger partial charge in [0.25, 0.3) is 11.7 Å². The summed E-state index contributed by atoms with van der Waals surface area (Å²) >= 11 is 0. The molecule has 19 nitrogen and oxygen atoms in total. The van der Waals surface area contributed by atoms with Gasteiger partial charge in [0.05, 0.1) is 67.8 Å². The normalized spacial score (nSPS) is 30.7. The zero-order valence-corrected chi connectivity index (χ0v) is 38.4. The summed E-state index contributed by atoms with van der Waals surface area (Å²) in [6.45, 7) is 13.1. The number of nitrogens with one attached hydrogen (secondary N) is 1. The van der Waals surface area contributed by atoms with Crippen LogP contribution in [0.25, 0.3) is 0 Å². The van der Waals surface area contributed by atoms with Gasteiger partial charge in [0.15, 0.2) is 5.71 Å². The second-order valence-corrected chi connectivity index (χ2v) is 15.9. The van der Waals surface area contributed by atoms with Gasteiger partial charge in [0.2, 0.25) is 19.4 Å². The van der Waals surface area contributed by atoms with Gasteiger partial charge in [-0.25, -0.2) is 0 Å². The number of hydrogen-bond acceptors (Lipinski definition) is 18. The molecule has 1 aromatic rings. The zero-order valence-electron chi connectivity index (χ0n) is 38.4. The number of phenols is 1. The molecule has 0 unspecified atom stereocenters. The van der Waals surface area contributed by atoms with Crippen LogP contribution in [0.2, 0.25) is 0 Å². The molecule has 0 radical (unpaired) electrons. The molecular formula is C45H63N3O16. The number of esters is 1. The van der Waals surface area contributed by atoms with E-state index in [-0.39, 0.29) is 90.7 Å². The van der Waals surface area contributed by atoms with Crippen LogP contribution in [-0.2, 0) is 52.4 Å². The van der Waals surface area contributed by atoms with E-state index in [1.54, 1.807) is 45.9 Å². The molecule has 354 valence electrons. The maximum absolute atomic E-state index is 14.4. The number of ether oxygens (including phenoxy) is 8. The molecule has 4 aliphatic rings. The first-order chi connectivity index (χ1) is 30.4. The van der Waals surface area contributed by atoms with Gasteiger partial charge in [0, 0.05) is 75.5 Å². The van der Waals surface area contributed by atoms with Crippen molar-refractivity contribution in [1.29, 1.82) is 0 Å². The molecule has 1 aromatic carbocycles. The molecule has 9 atom stereocenters. The Morgan fingerprint density at radius 2 is 1.50 bits per heavy atom. The van der Waals surface area contributed by atoms with Crippen molar-refractivity contribution in [2.45, 2.75) is 85.6 Å². The number of phenolic OH excluding ortho intramolecular Hbond substituents is 1. The fourth-order valence-electron chi connectivity index (χ4n) is 7.51. The number of carbonyl (C=O) groups excluding carboxylic acids is 3. The van der Waals surface area contributed by atoms with Gasteiger partial charge in [-0.3, -0.25) is 14.4 Å². The molecule has 5 bridgehead atoms. The Morgan fingerprint density at radius 1 is 0.859 bits per heavy atom. The highest BCUT2D eigenvalue weighted by Gasteiger charge is 2.50. The minimum atomic E-state index is -1.83. The first kappa shape index (κ1) is 51.5. The lowest BCUT2D eigenvalue weighted by molar-refractivity contribution is -0.160. The number of aliphatic hydroxyl groups excluding tert-OH is 2. The van der Waals surface area contributed by atoms with Crippen molar-refractivity contribution in [2.24, 2.45) is 34.0 Å². The third-order valence-corrected chi connectivity index (χ3v) is 11.3. The van der Waals surface area contributed by atoms with Crippen LogP contribution in [-0.4, -0.2) is 136 Å². The molecular weight excluding hydrogens is 838 g/mol. The average molecular weight is 902 g/mol. The minimum Gasteiger partial charge on any atom is -0.507 e. The van der Waals surface area contributed by atoms with E-state index in [1.165, 1.54) is 67.4 Å². The number of rotatable bonds is 14. The van der Waals surface area contributed by atoms with Gasteiger partial charge in [-0.2, -0.15) is 0 Å². The van der Waals surface area contributed by atoms with E-state index < -0.39 is 77.3 Å². The van der Waals surface area contributed by atoms with Crippen LogP contribution in [0.4, 0.5) is 0 Å². The van der Waals surface area contributed by atoms with Crippen molar-refractivity contribution < 1.29 is 77.3 Å². The first-order valence-electron chi connectivity index (χ1n) is 20.9. The second-order valence-electron chi connectivity index (χ2n) is 15.9. The van der Waals surface area contributed by atoms with E-state index in [2.05, 4.69) is 15.6 Å². The Balaban J connectivity index is 1.96. The average Bonchev–Trinajstić information content (AvgIpc) is 3.56. The van der Waals surface area contributed by atoms with Crippen molar-refractivity contribution in [3.63, 3.8) is 0 Å². The molecule has 19 heteroatoms. The van der Waals surface area contributed by atoms with E-state index in [9.17, 15) is 29.7 Å². The summed E-state index contributed by atoms with van der Waals surface area (Å²) < 4.78 is 45.5. The van der Waals surface area contributed by atoms with Gasteiger partial charge >= 0.3 is 5.97 Å². The number of benzene rings is 1. The van der Waals surface area contributed by atoms with E-state index in [4.69, 9.17) is 47.6 Å². The molecule has 0 fully saturated rings. The number of nitrogens with zero attached hydrogens (tertiary/aromatic N) is 2. The topological polar surface area (TPSA) is 241 Å². The lowest BCUT2D eigenvalue weighted by Gasteiger charge is -2.38. The van der Waals surface area contributed by atoms with E-state index in [1.807, 2.05) is 0 Å². The second kappa shape index (κ2) is 23.7. The minimum absolute atomic E-state index is 0.0158. The summed E-state index contributed by atoms with van der Waals surface area (Å²) in [6, 6.07) is 0. The van der Waals surface area contributed by atoms with Gasteiger partial charge in [-0.1, -0.05) is 56.2 Å². The van der Waals surface area contributed by atoms with Crippen LogP contribution in [0.5, 0.6) is 11.5 Å². The molecule has 0 saturated heterocycles. The molecule has 3 heterocycles. The van der Waals surface area contributed by atoms with Crippen molar-refractivity contribution in [1.82, 2.24) is 5.32 Å². The van der Waals surface area contributed by atoms with E-state index >= 15 is 0 Å². The van der Waals surface area contributed by atoms with Crippen LogP contribution in [0.1, 0.15) is 75.5 Å². The Hall–Kier alpha value is -5.15. The number of methoxy groups -OCH3 is 3. The van der Waals surface area contributed by atoms with Gasteiger partial charge in [0.1, 0.15) is 23.3 Å². The van der Waals surface area contributed by atoms with Crippen LogP contribution >= 0.6 is 0 Å². The van der Waals surface area contributed by atoms with Crippen LogP contribution in [0, 0.1) is 30.6 Å². The van der Waals surface area contributed by atoms with Crippen LogP contribution < -0.4 is 10.1 Å². The lowest BCUT2D eigenvalue weighted by atomic mass is 9.78. The predicted molar refractivity (Wildman–Crippen MR) is 231 cm³/mol. The number of oxime groups is 2. The number of hydrogen-bond donors (Lipinski definition) is 4. The standard InChI is InChI=1S/C45H63N3O16/c1-24-13-12-14-25(2)44(54)46-32-21-31(47-61-22-58-19-17-55-9)34-35(40(32)53)39(52)29(6)42-36(34)43(48-62-23-59-20-18-56-10)45(8,64-42)60-16-15-33(57-11)26(3)41(63-30(7)49)28(5)38(51)27(4)37(24)50/h12-16,21,24,26-28,33,37-38,41,50-52H,17-20,22-23H2,1-11H3,(H,46,54)/b13-12+,16-15+,25-14-,47-31+,48-43-/t24-,26-,27-,28-,33+,37+,38+,41-,45+/m1/s1. The molecule has 1 amide bonds. The summed E-state index contributed by atoms with van der Waals surface area (Å²) in [5.74, 6) is -6.74. The van der Waals surface area contributed by atoms with Crippen molar-refractivity contribution in [3.05, 3.63) is 70.2 Å². The first-order valence-corrected chi connectivity index (χ1v) is 20.9. The van der Waals surface area contributed by atoms with E-state index in [0.29, 0.717) is 0 Å². The molecule has 3 aliphatic heterocycles. The van der Waals surface area contributed by atoms with E-state index in [0.717, 1.165) is 0 Å². The van der Waals surface area contributed by atoms with Crippen LogP contribution in [0.3, 0.4) is 0 Å². The number of allylic oxidation sites excluding steroid dienone is 4. The smallest absolute Gasteiger partial charge is 0.302 e. The third kappa shape index (κ3) is 12.1. The number of fused-ring (bicyclic) bond motifs is 14. The SMILES string of the molecule is COCCOCO/N=C1/c2c3c(C)c(O)c4c2/C(=N/OCOCCOC)C=C(NC(=O)/C(C)=C\C=C\[C@@H](C)[C@H](O)[C@@H](C)[C@H](O)[C@@H](C)[C@H](OC(C)=O)[C@H](C)[C@@H](OC)/C=C/O[C@@]1(C)O3)C4=O. The Labute approximate surface area is 373 Å². The Morgan fingerprint density at radius 3 is 2.11 bits per heavy atom. The Bertz CT molecular complexity index is 2010. The van der Waals surface area contributed by atoms with Crippen molar-refractivity contribution in [3.8, 4) is 11.5 Å². The van der Waals surface area contributed by atoms with Crippen LogP contribution in [0.15, 0.2) is 58.2 Å². The number of amides is 1. The summed E-state index contributed by atoms with van der Waals surface area (Å²) in [7, 11) is 4.50. The predicted octanol–water partition coefficient (Wildman–Crippen LogP) is 3.95. The maximum atomic E-state index is 14.4. The highest BCUT2D eigenvalue weighted by atomic mass is 16.8. The van der Waals surface area contributed by atoms with Gasteiger partial charge in [-0.05, 0) is 26.0 Å². The highest BCUT2D eigenvalue weighted by Crippen LogP contribution is 2.48. The Kier molecular flexibility index (Phi) is 19.1. The summed E-state index contributed by atoms with van der Waals surface area (Å²) in [5.41, 5.74) is -0.0749. The summed E-state index contributed by atoms with van der Waals surface area (Å²) in [5, 5.41) is 46.1. The largest absolute Gasteiger partial charge is 0.507 e. The number of aromatic hydroxyl groups is 1. The zero-order chi connectivity index (χ0) is 47.3. The molecule has 5 rings (SSSR count). The molecule has 0 aromatic heterocycles. The van der Waals surface area contributed by atoms with Crippen molar-refractivity contribution >= 4 is 29.1 Å². The fourth-order valence-corrected chi connectivity index (χ4v) is 7.51. The maximum Gasteiger partial charge on any atom is 0.302 e. The van der Waals surface area contributed by atoms with Crippen molar-refractivity contribution in [2.75, 3.05) is 61.3 Å². The quantitative estimate of drug-likeness (QED) is 0.0895.